The van der Waals surface area contributed by atoms with E-state index in [0.29, 0.717) is 5.95 Å². The molecule has 0 aliphatic carbocycles. The van der Waals surface area contributed by atoms with Crippen LogP contribution in [0.5, 0.6) is 0 Å². The normalized spacial score (nSPS) is 12.5. The molecule has 0 saturated heterocycles. The minimum absolute atomic E-state index is 0.668. The molecule has 10 aromatic rings. The van der Waals surface area contributed by atoms with Crippen LogP contribution in [-0.2, 0) is 0 Å². The van der Waals surface area contributed by atoms with Crippen LogP contribution in [0.3, 0.4) is 0 Å². The lowest BCUT2D eigenvalue weighted by atomic mass is 10.00. The van der Waals surface area contributed by atoms with Gasteiger partial charge in [0.25, 0.3) is 0 Å². The van der Waals surface area contributed by atoms with E-state index in [1.807, 2.05) is 19.1 Å². The summed E-state index contributed by atoms with van der Waals surface area (Å²) < 4.78 is 4.73. The minimum atomic E-state index is 0.668. The molecule has 0 atom stereocenters. The maximum atomic E-state index is 5.09. The van der Waals surface area contributed by atoms with Gasteiger partial charge in [-0.05, 0) is 54.1 Å². The highest BCUT2D eigenvalue weighted by Gasteiger charge is 2.26. The van der Waals surface area contributed by atoms with E-state index in [1.54, 1.807) is 6.20 Å². The second kappa shape index (κ2) is 7.34. The fourth-order valence-corrected chi connectivity index (χ4v) is 7.18. The van der Waals surface area contributed by atoms with Crippen LogP contribution in [0.1, 0.15) is 5.69 Å². The van der Waals surface area contributed by atoms with E-state index in [-0.39, 0.29) is 0 Å². The molecule has 5 aromatic heterocycles. The average molecular weight is 524 g/mol. The van der Waals surface area contributed by atoms with Crippen LogP contribution in [0.4, 0.5) is 0 Å². The van der Waals surface area contributed by atoms with Crippen molar-refractivity contribution in [3.8, 4) is 5.95 Å². The van der Waals surface area contributed by atoms with Crippen molar-refractivity contribution in [2.75, 3.05) is 0 Å². The van der Waals surface area contributed by atoms with E-state index in [4.69, 9.17) is 9.97 Å². The highest BCUT2D eigenvalue weighted by atomic mass is 15.2. The number of aryl methyl sites for hydroxylation is 1. The Bertz CT molecular complexity index is 2710. The monoisotopic (exact) mass is 523 g/mol. The van der Waals surface area contributed by atoms with Gasteiger partial charge in [-0.15, -0.1) is 0 Å². The van der Waals surface area contributed by atoms with Gasteiger partial charge in [-0.2, -0.15) is 0 Å². The van der Waals surface area contributed by atoms with Crippen LogP contribution >= 0.6 is 0 Å². The zero-order valence-corrected chi connectivity index (χ0v) is 22.1. The fraction of sp³-hybridized carbons (Fsp3) is 0.0278. The van der Waals surface area contributed by atoms with Crippen molar-refractivity contribution in [3.05, 3.63) is 115 Å². The van der Waals surface area contributed by atoms with Gasteiger partial charge >= 0.3 is 0 Å². The average Bonchev–Trinajstić information content (AvgIpc) is 3.65. The molecule has 0 N–H and O–H groups in total. The van der Waals surface area contributed by atoms with E-state index in [1.165, 1.54) is 59.6 Å². The molecule has 10 rings (SSSR count). The summed E-state index contributed by atoms with van der Waals surface area (Å²) in [5.74, 6) is 0.668. The molecule has 0 bridgehead atoms. The molecule has 0 amide bonds. The van der Waals surface area contributed by atoms with E-state index >= 15 is 0 Å². The standard InChI is InChI=1S/C36H21N5/c1-20-33-27(13-8-18-37-33)39-36(38-20)41-29-15-7-5-12-24(29)26-19-25-23-11-4-6-14-28(23)40-30-17-16-21-9-2-3-10-22(21)31(30)32(34(25)40)35(26)41/h2-19H,1H3. The van der Waals surface area contributed by atoms with Gasteiger partial charge in [0.1, 0.15) is 5.52 Å². The molecule has 190 valence electrons. The Morgan fingerprint density at radius 2 is 1.29 bits per heavy atom. The Morgan fingerprint density at radius 3 is 2.17 bits per heavy atom. The maximum absolute atomic E-state index is 5.09. The second-order valence-electron chi connectivity index (χ2n) is 10.9. The topological polar surface area (TPSA) is 48.0 Å². The third-order valence-electron chi connectivity index (χ3n) is 8.81. The second-order valence-corrected chi connectivity index (χ2v) is 10.9. The SMILES string of the molecule is Cc1nc(-n2c3ccccc3c3cc4c5ccccc5n5c6ccc7ccccc7c6c(c32)c45)nc2cccnc12. The molecule has 5 aromatic carbocycles. The number of hydrogen-bond acceptors (Lipinski definition) is 3. The number of hydrogen-bond donors (Lipinski definition) is 0. The van der Waals surface area contributed by atoms with Crippen LogP contribution in [-0.4, -0.2) is 23.9 Å². The van der Waals surface area contributed by atoms with E-state index in [2.05, 4.69) is 105 Å². The van der Waals surface area contributed by atoms with Crippen molar-refractivity contribution in [2.45, 2.75) is 6.92 Å². The highest BCUT2D eigenvalue weighted by Crippen LogP contribution is 2.47. The molecule has 0 unspecified atom stereocenters. The predicted octanol–water partition coefficient (Wildman–Crippen LogP) is 8.73. The first kappa shape index (κ1) is 21.3. The van der Waals surface area contributed by atoms with E-state index < -0.39 is 0 Å². The molecule has 0 fully saturated rings. The Hall–Kier alpha value is -5.55. The fourth-order valence-electron chi connectivity index (χ4n) is 7.18. The lowest BCUT2D eigenvalue weighted by molar-refractivity contribution is 0.986. The molecule has 0 aliphatic rings. The third-order valence-corrected chi connectivity index (χ3v) is 8.81. The van der Waals surface area contributed by atoms with Gasteiger partial charge in [0.05, 0.1) is 38.8 Å². The third kappa shape index (κ3) is 2.54. The Morgan fingerprint density at radius 1 is 0.561 bits per heavy atom. The van der Waals surface area contributed by atoms with Crippen molar-refractivity contribution in [1.82, 2.24) is 23.9 Å². The maximum Gasteiger partial charge on any atom is 0.235 e. The highest BCUT2D eigenvalue weighted by molar-refractivity contribution is 6.37. The molecule has 0 spiro atoms. The summed E-state index contributed by atoms with van der Waals surface area (Å²) in [6.07, 6.45) is 1.80. The first-order chi connectivity index (χ1) is 20.3. The summed E-state index contributed by atoms with van der Waals surface area (Å²) in [5, 5.41) is 9.93. The lowest BCUT2D eigenvalue weighted by Gasteiger charge is -2.10. The van der Waals surface area contributed by atoms with Gasteiger partial charge in [0.2, 0.25) is 5.95 Å². The van der Waals surface area contributed by atoms with Crippen LogP contribution < -0.4 is 0 Å². The van der Waals surface area contributed by atoms with Gasteiger partial charge in [0, 0.05) is 38.5 Å². The van der Waals surface area contributed by atoms with Gasteiger partial charge < -0.3 is 4.40 Å². The molecule has 41 heavy (non-hydrogen) atoms. The lowest BCUT2D eigenvalue weighted by Crippen LogP contribution is -2.04. The van der Waals surface area contributed by atoms with Crippen molar-refractivity contribution >= 4 is 81.7 Å². The van der Waals surface area contributed by atoms with Crippen LogP contribution in [0.2, 0.25) is 0 Å². The van der Waals surface area contributed by atoms with Crippen LogP contribution in [0, 0.1) is 6.92 Å². The summed E-state index contributed by atoms with van der Waals surface area (Å²) >= 11 is 0. The first-order valence-electron chi connectivity index (χ1n) is 13.9. The zero-order chi connectivity index (χ0) is 26.8. The zero-order valence-electron chi connectivity index (χ0n) is 22.1. The summed E-state index contributed by atoms with van der Waals surface area (Å²) in [5.41, 5.74) is 8.47. The summed E-state index contributed by atoms with van der Waals surface area (Å²) in [6, 6.07) is 37.0. The number of rotatable bonds is 1. The van der Waals surface area contributed by atoms with Gasteiger partial charge in [-0.25, -0.2) is 9.97 Å². The van der Waals surface area contributed by atoms with Crippen LogP contribution in [0.25, 0.3) is 87.7 Å². The van der Waals surface area contributed by atoms with Gasteiger partial charge in [0.15, 0.2) is 0 Å². The number of nitrogens with zero attached hydrogens (tertiary/aromatic N) is 5. The molecule has 0 saturated carbocycles. The smallest absolute Gasteiger partial charge is 0.235 e. The van der Waals surface area contributed by atoms with Crippen molar-refractivity contribution < 1.29 is 0 Å². The van der Waals surface area contributed by atoms with Crippen molar-refractivity contribution in [2.24, 2.45) is 0 Å². The van der Waals surface area contributed by atoms with Gasteiger partial charge in [-0.1, -0.05) is 66.7 Å². The molecule has 0 radical (unpaired) electrons. The number of benzene rings is 5. The Labute approximate surface area is 233 Å². The number of aromatic nitrogens is 5. The largest absolute Gasteiger partial charge is 0.308 e. The summed E-state index contributed by atoms with van der Waals surface area (Å²) in [7, 11) is 0. The number of para-hydroxylation sites is 2. The molecule has 5 heterocycles. The number of fused-ring (bicyclic) bond motifs is 13. The van der Waals surface area contributed by atoms with E-state index in [9.17, 15) is 0 Å². The molecule has 5 heteroatoms. The summed E-state index contributed by atoms with van der Waals surface area (Å²) in [4.78, 5) is 14.7. The van der Waals surface area contributed by atoms with Crippen molar-refractivity contribution in [3.63, 3.8) is 0 Å². The quantitative estimate of drug-likeness (QED) is 0.216. The molecule has 0 aliphatic heterocycles. The van der Waals surface area contributed by atoms with Crippen LogP contribution in [0.15, 0.2) is 109 Å². The van der Waals surface area contributed by atoms with E-state index in [0.717, 1.165) is 27.8 Å². The number of pyridine rings is 1. The Kier molecular flexibility index (Phi) is 3.81. The summed E-state index contributed by atoms with van der Waals surface area (Å²) in [6.45, 7) is 2.02. The van der Waals surface area contributed by atoms with Crippen molar-refractivity contribution in [1.29, 1.82) is 0 Å². The predicted molar refractivity (Wildman–Crippen MR) is 169 cm³/mol. The first-order valence-corrected chi connectivity index (χ1v) is 13.9. The molecule has 5 nitrogen and oxygen atoms in total. The Balaban J connectivity index is 1.56. The molecular formula is C36H21N5. The van der Waals surface area contributed by atoms with Gasteiger partial charge in [-0.3, -0.25) is 9.55 Å². The molecular weight excluding hydrogens is 502 g/mol. The minimum Gasteiger partial charge on any atom is -0.308 e.